The maximum Gasteiger partial charge on any atom is 0.258 e. The number of carbonyl (C=O) groups is 1. The van der Waals surface area contributed by atoms with Gasteiger partial charge in [-0.25, -0.2) is 8.42 Å². The molecule has 1 heterocycles. The molecule has 154 valence electrons. The molecule has 0 radical (unpaired) electrons. The topological polar surface area (TPSA) is 63.7 Å². The van der Waals surface area contributed by atoms with Crippen LogP contribution in [0.25, 0.3) is 0 Å². The van der Waals surface area contributed by atoms with Crippen molar-refractivity contribution >= 4 is 33.0 Å². The van der Waals surface area contributed by atoms with Crippen molar-refractivity contribution in [3.8, 4) is 5.75 Å². The molecule has 1 atom stereocenters. The molecule has 2 aromatic carbocycles. The molecule has 7 heteroatoms. The molecule has 0 saturated heterocycles. The standard InChI is InChI=1S/C22H24ClNO4S/c1-2-16-14-24(20-9-5-8-19(23)21(20)28-16)22(25)15-10-12-18(13-11-15)29(26,27)17-6-3-4-7-17/h5,8-13,16-17H,2-4,6-7,14H2,1H3. The van der Waals surface area contributed by atoms with E-state index in [0.29, 0.717) is 41.4 Å². The van der Waals surface area contributed by atoms with Gasteiger partial charge in [-0.3, -0.25) is 4.79 Å². The lowest BCUT2D eigenvalue weighted by Gasteiger charge is -2.35. The van der Waals surface area contributed by atoms with Crippen molar-refractivity contribution in [1.82, 2.24) is 0 Å². The highest BCUT2D eigenvalue weighted by Crippen LogP contribution is 2.40. The van der Waals surface area contributed by atoms with Crippen LogP contribution in [-0.4, -0.2) is 32.2 Å². The molecule has 1 saturated carbocycles. The van der Waals surface area contributed by atoms with Crippen LogP contribution in [0, 0.1) is 0 Å². The molecule has 29 heavy (non-hydrogen) atoms. The molecule has 5 nitrogen and oxygen atoms in total. The predicted octanol–water partition coefficient (Wildman–Crippen LogP) is 4.87. The van der Waals surface area contributed by atoms with Crippen molar-refractivity contribution in [3.05, 3.63) is 53.1 Å². The molecular weight excluding hydrogens is 410 g/mol. The monoisotopic (exact) mass is 433 g/mol. The van der Waals surface area contributed by atoms with Crippen LogP contribution in [-0.2, 0) is 9.84 Å². The number of anilines is 1. The van der Waals surface area contributed by atoms with Crippen molar-refractivity contribution in [2.45, 2.75) is 55.3 Å². The molecule has 1 amide bonds. The maximum atomic E-state index is 13.2. The number of sulfone groups is 1. The number of ether oxygens (including phenoxy) is 1. The number of benzene rings is 2. The molecule has 0 N–H and O–H groups in total. The van der Waals surface area contributed by atoms with Crippen LogP contribution in [0.3, 0.4) is 0 Å². The van der Waals surface area contributed by atoms with Gasteiger partial charge in [0.2, 0.25) is 0 Å². The average Bonchev–Trinajstić information content (AvgIpc) is 3.29. The fourth-order valence-corrected chi connectivity index (χ4v) is 6.14. The third kappa shape index (κ3) is 3.76. The Bertz CT molecular complexity index is 1010. The number of rotatable bonds is 4. The van der Waals surface area contributed by atoms with Gasteiger partial charge in [0.25, 0.3) is 5.91 Å². The summed E-state index contributed by atoms with van der Waals surface area (Å²) in [5, 5.41) is 0.166. The van der Waals surface area contributed by atoms with Crippen LogP contribution in [0.5, 0.6) is 5.75 Å². The summed E-state index contributed by atoms with van der Waals surface area (Å²) in [4.78, 5) is 15.2. The molecule has 1 aliphatic heterocycles. The second-order valence-corrected chi connectivity index (χ2v) is 10.3. The number of amides is 1. The second kappa shape index (κ2) is 8.00. The zero-order valence-electron chi connectivity index (χ0n) is 16.3. The maximum absolute atomic E-state index is 13.2. The third-order valence-corrected chi connectivity index (χ3v) is 8.35. The summed E-state index contributed by atoms with van der Waals surface area (Å²) in [6.07, 6.45) is 3.94. The summed E-state index contributed by atoms with van der Waals surface area (Å²) in [7, 11) is -3.34. The molecule has 2 aliphatic rings. The Balaban J connectivity index is 1.62. The summed E-state index contributed by atoms with van der Waals surface area (Å²) in [6, 6.07) is 11.6. The predicted molar refractivity (Wildman–Crippen MR) is 114 cm³/mol. The quantitative estimate of drug-likeness (QED) is 0.689. The van der Waals surface area contributed by atoms with Gasteiger partial charge in [-0.15, -0.1) is 0 Å². The summed E-state index contributed by atoms with van der Waals surface area (Å²) < 4.78 is 31.5. The zero-order valence-corrected chi connectivity index (χ0v) is 17.9. The Morgan fingerprint density at radius 1 is 1.14 bits per heavy atom. The van der Waals surface area contributed by atoms with E-state index in [4.69, 9.17) is 16.3 Å². The van der Waals surface area contributed by atoms with Gasteiger partial charge in [-0.2, -0.15) is 0 Å². The van der Waals surface area contributed by atoms with E-state index in [9.17, 15) is 13.2 Å². The first-order valence-electron chi connectivity index (χ1n) is 10.0. The van der Waals surface area contributed by atoms with Crippen LogP contribution < -0.4 is 9.64 Å². The molecule has 4 rings (SSSR count). The van der Waals surface area contributed by atoms with Gasteiger partial charge in [0.1, 0.15) is 6.10 Å². The minimum Gasteiger partial charge on any atom is -0.485 e. The Labute approximate surface area is 176 Å². The average molecular weight is 434 g/mol. The summed E-state index contributed by atoms with van der Waals surface area (Å²) >= 11 is 6.28. The lowest BCUT2D eigenvalue weighted by atomic mass is 10.1. The summed E-state index contributed by atoms with van der Waals surface area (Å²) in [6.45, 7) is 2.42. The van der Waals surface area contributed by atoms with E-state index in [1.807, 2.05) is 13.0 Å². The SMILES string of the molecule is CCC1CN(C(=O)c2ccc(S(=O)(=O)C3CCCC3)cc2)c2cccc(Cl)c2O1. The lowest BCUT2D eigenvalue weighted by Crippen LogP contribution is -2.43. The van der Waals surface area contributed by atoms with Crippen LogP contribution >= 0.6 is 11.6 Å². The van der Waals surface area contributed by atoms with Gasteiger partial charge >= 0.3 is 0 Å². The molecule has 2 aromatic rings. The van der Waals surface area contributed by atoms with Gasteiger partial charge in [0, 0.05) is 5.56 Å². The number of fused-ring (bicyclic) bond motifs is 1. The minimum atomic E-state index is -3.34. The van der Waals surface area contributed by atoms with Crippen molar-refractivity contribution in [2.24, 2.45) is 0 Å². The van der Waals surface area contributed by atoms with Crippen LogP contribution in [0.1, 0.15) is 49.4 Å². The first kappa shape index (κ1) is 20.2. The van der Waals surface area contributed by atoms with Crippen molar-refractivity contribution in [1.29, 1.82) is 0 Å². The number of para-hydroxylation sites is 1. The lowest BCUT2D eigenvalue weighted by molar-refractivity contribution is 0.0954. The first-order chi connectivity index (χ1) is 13.9. The van der Waals surface area contributed by atoms with Gasteiger partial charge in [0.05, 0.1) is 27.4 Å². The van der Waals surface area contributed by atoms with Crippen LogP contribution in [0.15, 0.2) is 47.4 Å². The molecule has 1 fully saturated rings. The van der Waals surface area contributed by atoms with Crippen molar-refractivity contribution < 1.29 is 17.9 Å². The van der Waals surface area contributed by atoms with Gasteiger partial charge in [0.15, 0.2) is 15.6 Å². The van der Waals surface area contributed by atoms with E-state index in [0.717, 1.165) is 19.3 Å². The highest BCUT2D eigenvalue weighted by Gasteiger charge is 2.32. The molecular formula is C22H24ClNO4S. The first-order valence-corrected chi connectivity index (χ1v) is 11.9. The van der Waals surface area contributed by atoms with E-state index >= 15 is 0 Å². The summed E-state index contributed by atoms with van der Waals surface area (Å²) in [5.74, 6) is 0.320. The minimum absolute atomic E-state index is 0.145. The fourth-order valence-electron chi connectivity index (χ4n) is 4.07. The highest BCUT2D eigenvalue weighted by molar-refractivity contribution is 7.92. The Morgan fingerprint density at radius 3 is 2.48 bits per heavy atom. The van der Waals surface area contributed by atoms with Gasteiger partial charge in [-0.05, 0) is 55.7 Å². The van der Waals surface area contributed by atoms with Gasteiger partial charge < -0.3 is 9.64 Å². The smallest absolute Gasteiger partial charge is 0.258 e. The van der Waals surface area contributed by atoms with Gasteiger partial charge in [-0.1, -0.05) is 37.4 Å². The Kier molecular flexibility index (Phi) is 5.58. The second-order valence-electron chi connectivity index (χ2n) is 7.63. The van der Waals surface area contributed by atoms with E-state index in [1.165, 1.54) is 0 Å². The fraction of sp³-hybridized carbons (Fsp3) is 0.409. The number of carbonyl (C=O) groups excluding carboxylic acids is 1. The Hall–Kier alpha value is -2.05. The molecule has 0 spiro atoms. The number of nitrogens with zero attached hydrogens (tertiary/aromatic N) is 1. The normalized spacial score (nSPS) is 19.7. The van der Waals surface area contributed by atoms with E-state index < -0.39 is 9.84 Å². The van der Waals surface area contributed by atoms with E-state index in [-0.39, 0.29) is 22.2 Å². The van der Waals surface area contributed by atoms with E-state index in [1.54, 1.807) is 41.3 Å². The number of hydrogen-bond acceptors (Lipinski definition) is 4. The van der Waals surface area contributed by atoms with Crippen LogP contribution in [0.4, 0.5) is 5.69 Å². The number of halogens is 1. The Morgan fingerprint density at radius 2 is 1.83 bits per heavy atom. The molecule has 0 aromatic heterocycles. The van der Waals surface area contributed by atoms with Crippen LogP contribution in [0.2, 0.25) is 5.02 Å². The highest BCUT2D eigenvalue weighted by atomic mass is 35.5. The zero-order chi connectivity index (χ0) is 20.6. The number of hydrogen-bond donors (Lipinski definition) is 0. The van der Waals surface area contributed by atoms with Crippen molar-refractivity contribution in [2.75, 3.05) is 11.4 Å². The van der Waals surface area contributed by atoms with E-state index in [2.05, 4.69) is 0 Å². The summed E-state index contributed by atoms with van der Waals surface area (Å²) in [5.41, 5.74) is 1.08. The molecule has 1 unspecified atom stereocenters. The van der Waals surface area contributed by atoms with Crippen molar-refractivity contribution in [3.63, 3.8) is 0 Å². The molecule has 0 bridgehead atoms. The molecule has 1 aliphatic carbocycles. The third-order valence-electron chi connectivity index (χ3n) is 5.78. The largest absolute Gasteiger partial charge is 0.485 e.